The summed E-state index contributed by atoms with van der Waals surface area (Å²) in [6.45, 7) is 4.10. The number of hydrogen-bond donors (Lipinski definition) is 1. The Kier molecular flexibility index (Phi) is 4.69. The highest BCUT2D eigenvalue weighted by molar-refractivity contribution is 9.10. The van der Waals surface area contributed by atoms with E-state index in [9.17, 15) is 14.4 Å². The van der Waals surface area contributed by atoms with Gasteiger partial charge in [-0.15, -0.1) is 0 Å². The zero-order chi connectivity index (χ0) is 25.6. The number of imide groups is 1. The summed E-state index contributed by atoms with van der Waals surface area (Å²) >= 11 is 3.43. The average Bonchev–Trinajstić information content (AvgIpc) is 3.49. The van der Waals surface area contributed by atoms with Crippen LogP contribution in [-0.4, -0.2) is 27.4 Å². The first-order chi connectivity index (χ1) is 17.8. The van der Waals surface area contributed by atoms with Crippen molar-refractivity contribution in [3.63, 3.8) is 0 Å². The van der Waals surface area contributed by atoms with Gasteiger partial charge >= 0.3 is 0 Å². The van der Waals surface area contributed by atoms with E-state index >= 15 is 0 Å². The minimum Gasteiger partial charge on any atom is -0.296 e. The number of anilines is 1. The molecule has 3 aliphatic heterocycles. The minimum atomic E-state index is -1.11. The van der Waals surface area contributed by atoms with Crippen LogP contribution in [0.4, 0.5) is 5.69 Å². The van der Waals surface area contributed by atoms with Crippen molar-refractivity contribution in [2.45, 2.75) is 25.4 Å². The normalized spacial score (nSPS) is 25.8. The summed E-state index contributed by atoms with van der Waals surface area (Å²) in [5.41, 5.74) is 1.30. The number of amides is 2. The monoisotopic (exact) mass is 554 g/mol. The molecule has 2 amide bonds. The predicted molar refractivity (Wildman–Crippen MR) is 143 cm³/mol. The number of fused-ring (bicyclic) bond motifs is 8. The molecule has 0 unspecified atom stereocenters. The standard InChI is InChI=1S/C29H23BrN4O3/c1-15(2)24-22-23(27(37)33(26(22)36)17-13-11-16(30)12-14-17)29(32-24)19-8-4-6-10-21(19)34-25(35)18-7-3-5-9-20(18)31-28(29)34/h3-15,22-24,32H,1-2H3/t22-,23-,24+,29+/m1/s1. The van der Waals surface area contributed by atoms with E-state index in [0.29, 0.717) is 28.1 Å². The Hall–Kier alpha value is -3.62. The molecule has 0 bridgehead atoms. The van der Waals surface area contributed by atoms with E-state index < -0.39 is 17.4 Å². The van der Waals surface area contributed by atoms with E-state index in [4.69, 9.17) is 4.98 Å². The van der Waals surface area contributed by atoms with Crippen molar-refractivity contribution in [2.75, 3.05) is 4.90 Å². The average molecular weight is 555 g/mol. The summed E-state index contributed by atoms with van der Waals surface area (Å²) in [4.78, 5) is 48.5. The molecule has 0 radical (unpaired) electrons. The Balaban J connectivity index is 1.53. The van der Waals surface area contributed by atoms with E-state index in [-0.39, 0.29) is 29.3 Å². The molecule has 184 valence electrons. The summed E-state index contributed by atoms with van der Waals surface area (Å²) in [7, 11) is 0. The summed E-state index contributed by atoms with van der Waals surface area (Å²) in [6.07, 6.45) is 0. The van der Waals surface area contributed by atoms with Crippen LogP contribution in [0.1, 0.15) is 25.2 Å². The molecule has 3 aliphatic rings. The van der Waals surface area contributed by atoms with Crippen molar-refractivity contribution in [3.05, 3.63) is 99.0 Å². The quantitative estimate of drug-likeness (QED) is 0.376. The van der Waals surface area contributed by atoms with Gasteiger partial charge in [0.25, 0.3) is 5.56 Å². The number of benzene rings is 3. The SMILES string of the molecule is CC(C)[C@@H]1N[C@@]2(c3ccccc3-n3c2nc2ccccc2c3=O)[C@H]2C(=O)N(c3ccc(Br)cc3)C(=O)[C@@H]12. The van der Waals surface area contributed by atoms with Crippen LogP contribution in [0, 0.1) is 17.8 Å². The minimum absolute atomic E-state index is 0.0573. The molecule has 3 aromatic carbocycles. The van der Waals surface area contributed by atoms with E-state index in [0.717, 1.165) is 10.0 Å². The van der Waals surface area contributed by atoms with Gasteiger partial charge in [-0.2, -0.15) is 0 Å². The molecule has 7 rings (SSSR count). The molecule has 37 heavy (non-hydrogen) atoms. The Morgan fingerprint density at radius 1 is 0.919 bits per heavy atom. The lowest BCUT2D eigenvalue weighted by molar-refractivity contribution is -0.123. The van der Waals surface area contributed by atoms with Crippen LogP contribution < -0.4 is 15.8 Å². The molecule has 1 N–H and O–H groups in total. The summed E-state index contributed by atoms with van der Waals surface area (Å²) < 4.78 is 2.49. The van der Waals surface area contributed by atoms with Crippen LogP contribution in [0.15, 0.2) is 82.1 Å². The van der Waals surface area contributed by atoms with Gasteiger partial charge < -0.3 is 0 Å². The van der Waals surface area contributed by atoms with Crippen molar-refractivity contribution in [2.24, 2.45) is 17.8 Å². The number of aromatic nitrogens is 2. The summed E-state index contributed by atoms with van der Waals surface area (Å²) in [6, 6.07) is 21.8. The molecule has 4 heterocycles. The second-order valence-corrected chi connectivity index (χ2v) is 11.2. The Bertz CT molecular complexity index is 1700. The third kappa shape index (κ3) is 2.80. The van der Waals surface area contributed by atoms with Gasteiger partial charge in [-0.25, -0.2) is 9.88 Å². The van der Waals surface area contributed by atoms with Crippen LogP contribution in [-0.2, 0) is 15.1 Å². The fourth-order valence-electron chi connectivity index (χ4n) is 6.57. The van der Waals surface area contributed by atoms with E-state index in [1.807, 2.05) is 54.6 Å². The first-order valence-electron chi connectivity index (χ1n) is 12.4. The van der Waals surface area contributed by atoms with E-state index in [1.54, 1.807) is 22.8 Å². The molecule has 8 heteroatoms. The number of nitrogens with one attached hydrogen (secondary N) is 1. The maximum absolute atomic E-state index is 14.3. The molecule has 2 fully saturated rings. The van der Waals surface area contributed by atoms with Crippen molar-refractivity contribution in [1.82, 2.24) is 14.9 Å². The van der Waals surface area contributed by atoms with Crippen molar-refractivity contribution < 1.29 is 9.59 Å². The first-order valence-corrected chi connectivity index (χ1v) is 13.2. The highest BCUT2D eigenvalue weighted by Crippen LogP contribution is 2.56. The van der Waals surface area contributed by atoms with Gasteiger partial charge in [0, 0.05) is 16.1 Å². The van der Waals surface area contributed by atoms with Crippen LogP contribution in [0.2, 0.25) is 0 Å². The maximum atomic E-state index is 14.3. The molecule has 2 saturated heterocycles. The zero-order valence-corrected chi connectivity index (χ0v) is 21.8. The van der Waals surface area contributed by atoms with Gasteiger partial charge in [0.2, 0.25) is 11.8 Å². The third-order valence-corrected chi connectivity index (χ3v) is 8.63. The molecular formula is C29H23BrN4O3. The second kappa shape index (κ2) is 7.69. The highest BCUT2D eigenvalue weighted by atomic mass is 79.9. The second-order valence-electron chi connectivity index (χ2n) is 10.3. The maximum Gasteiger partial charge on any atom is 0.266 e. The van der Waals surface area contributed by atoms with Crippen molar-refractivity contribution in [3.8, 4) is 5.69 Å². The highest BCUT2D eigenvalue weighted by Gasteiger charge is 2.70. The summed E-state index contributed by atoms with van der Waals surface area (Å²) in [5.74, 6) is -1.33. The number of carbonyl (C=O) groups is 2. The van der Waals surface area contributed by atoms with Crippen LogP contribution in [0.3, 0.4) is 0 Å². The number of para-hydroxylation sites is 2. The fraction of sp³-hybridized carbons (Fsp3) is 0.241. The first kappa shape index (κ1) is 22.6. The van der Waals surface area contributed by atoms with Crippen LogP contribution in [0.25, 0.3) is 16.6 Å². The van der Waals surface area contributed by atoms with Crippen molar-refractivity contribution in [1.29, 1.82) is 0 Å². The lowest BCUT2D eigenvalue weighted by Gasteiger charge is -2.32. The van der Waals surface area contributed by atoms with Gasteiger partial charge in [0.15, 0.2) is 0 Å². The number of carbonyl (C=O) groups excluding carboxylic acids is 2. The van der Waals surface area contributed by atoms with Gasteiger partial charge in [0.1, 0.15) is 11.4 Å². The van der Waals surface area contributed by atoms with E-state index in [2.05, 4.69) is 35.1 Å². The lowest BCUT2D eigenvalue weighted by Crippen LogP contribution is -2.51. The third-order valence-electron chi connectivity index (χ3n) is 8.10. The van der Waals surface area contributed by atoms with Crippen LogP contribution >= 0.6 is 15.9 Å². The van der Waals surface area contributed by atoms with Crippen LogP contribution in [0.5, 0.6) is 0 Å². The van der Waals surface area contributed by atoms with Gasteiger partial charge in [0.05, 0.1) is 34.1 Å². The largest absolute Gasteiger partial charge is 0.296 e. The molecule has 4 atom stereocenters. The molecule has 4 aromatic rings. The molecule has 0 saturated carbocycles. The molecular weight excluding hydrogens is 532 g/mol. The zero-order valence-electron chi connectivity index (χ0n) is 20.2. The Morgan fingerprint density at radius 3 is 2.38 bits per heavy atom. The number of nitrogens with zero attached hydrogens (tertiary/aromatic N) is 3. The fourth-order valence-corrected chi connectivity index (χ4v) is 6.83. The number of rotatable bonds is 2. The number of hydrogen-bond acceptors (Lipinski definition) is 5. The molecule has 1 aromatic heterocycles. The summed E-state index contributed by atoms with van der Waals surface area (Å²) in [5, 5.41) is 4.23. The van der Waals surface area contributed by atoms with Crippen molar-refractivity contribution >= 4 is 44.3 Å². The lowest BCUT2D eigenvalue weighted by atomic mass is 9.75. The Labute approximate surface area is 221 Å². The smallest absolute Gasteiger partial charge is 0.266 e. The predicted octanol–water partition coefficient (Wildman–Crippen LogP) is 4.14. The molecule has 1 spiro atoms. The topological polar surface area (TPSA) is 84.3 Å². The van der Waals surface area contributed by atoms with E-state index in [1.165, 1.54) is 4.90 Å². The molecule has 0 aliphatic carbocycles. The van der Waals surface area contributed by atoms with Gasteiger partial charge in [-0.05, 0) is 48.4 Å². The molecule has 7 nitrogen and oxygen atoms in total. The Morgan fingerprint density at radius 2 is 1.62 bits per heavy atom. The van der Waals surface area contributed by atoms with Gasteiger partial charge in [-0.1, -0.05) is 60.1 Å². The van der Waals surface area contributed by atoms with Gasteiger partial charge in [-0.3, -0.25) is 24.3 Å². The number of halogens is 1.